The molecule has 2 atom stereocenters. The van der Waals surface area contributed by atoms with Gasteiger partial charge in [0.15, 0.2) is 0 Å². The lowest BCUT2D eigenvalue weighted by molar-refractivity contribution is -0.122. The first kappa shape index (κ1) is 17.1. The Bertz CT molecular complexity index is 243. The summed E-state index contributed by atoms with van der Waals surface area (Å²) < 4.78 is 0.229. The van der Waals surface area contributed by atoms with Gasteiger partial charge >= 0.3 is 0 Å². The number of rotatable bonds is 5. The SMILES string of the molecule is CC(C)C[C@H](N)C(=O)NCC1(C)CCCS1.Cl. The van der Waals surface area contributed by atoms with E-state index in [2.05, 4.69) is 26.1 Å². The van der Waals surface area contributed by atoms with E-state index in [9.17, 15) is 4.79 Å². The van der Waals surface area contributed by atoms with Crippen molar-refractivity contribution in [1.29, 1.82) is 0 Å². The fraction of sp³-hybridized carbons (Fsp3) is 0.917. The van der Waals surface area contributed by atoms with Crippen molar-refractivity contribution < 1.29 is 4.79 Å². The Morgan fingerprint density at radius 3 is 2.65 bits per heavy atom. The van der Waals surface area contributed by atoms with E-state index >= 15 is 0 Å². The third kappa shape index (κ3) is 5.98. The highest BCUT2D eigenvalue weighted by molar-refractivity contribution is 8.00. The Hall–Kier alpha value is 0.0700. The smallest absolute Gasteiger partial charge is 0.236 e. The Kier molecular flexibility index (Phi) is 7.52. The molecule has 0 saturated carbocycles. The molecule has 1 amide bonds. The molecule has 0 spiro atoms. The molecule has 1 unspecified atom stereocenters. The molecule has 1 saturated heterocycles. The molecule has 17 heavy (non-hydrogen) atoms. The first-order valence-electron chi connectivity index (χ1n) is 6.10. The van der Waals surface area contributed by atoms with Gasteiger partial charge in [0.2, 0.25) is 5.91 Å². The van der Waals surface area contributed by atoms with Gasteiger partial charge in [-0.2, -0.15) is 11.8 Å². The first-order chi connectivity index (χ1) is 7.43. The lowest BCUT2D eigenvalue weighted by Gasteiger charge is -2.24. The number of amides is 1. The summed E-state index contributed by atoms with van der Waals surface area (Å²) in [5.41, 5.74) is 5.83. The molecule has 102 valence electrons. The van der Waals surface area contributed by atoms with Crippen LogP contribution in [0.2, 0.25) is 0 Å². The monoisotopic (exact) mass is 280 g/mol. The van der Waals surface area contributed by atoms with E-state index in [0.29, 0.717) is 5.92 Å². The minimum absolute atomic E-state index is 0. The zero-order valence-corrected chi connectivity index (χ0v) is 12.6. The molecule has 3 nitrogen and oxygen atoms in total. The molecular weight excluding hydrogens is 256 g/mol. The first-order valence-corrected chi connectivity index (χ1v) is 7.09. The average molecular weight is 281 g/mol. The average Bonchev–Trinajstić information content (AvgIpc) is 2.61. The van der Waals surface area contributed by atoms with Crippen molar-refractivity contribution in [3.05, 3.63) is 0 Å². The molecule has 0 aromatic carbocycles. The number of thioether (sulfide) groups is 1. The van der Waals surface area contributed by atoms with Crippen LogP contribution in [0.5, 0.6) is 0 Å². The summed E-state index contributed by atoms with van der Waals surface area (Å²) in [5.74, 6) is 1.68. The Morgan fingerprint density at radius 2 is 2.18 bits per heavy atom. The molecular formula is C12H25ClN2OS. The molecule has 1 aliphatic rings. The van der Waals surface area contributed by atoms with Crippen molar-refractivity contribution in [2.75, 3.05) is 12.3 Å². The molecule has 0 bridgehead atoms. The summed E-state index contributed by atoms with van der Waals surface area (Å²) in [6.07, 6.45) is 3.21. The van der Waals surface area contributed by atoms with Crippen molar-refractivity contribution in [2.45, 2.75) is 50.8 Å². The van der Waals surface area contributed by atoms with Gasteiger partial charge in [0, 0.05) is 11.3 Å². The van der Waals surface area contributed by atoms with Crippen molar-refractivity contribution in [3.63, 3.8) is 0 Å². The maximum atomic E-state index is 11.7. The lowest BCUT2D eigenvalue weighted by atomic mass is 10.0. The minimum Gasteiger partial charge on any atom is -0.353 e. The van der Waals surface area contributed by atoms with Crippen LogP contribution in [0, 0.1) is 5.92 Å². The van der Waals surface area contributed by atoms with Crippen LogP contribution in [0.25, 0.3) is 0 Å². The van der Waals surface area contributed by atoms with Crippen LogP contribution in [0.3, 0.4) is 0 Å². The van der Waals surface area contributed by atoms with Gasteiger partial charge in [-0.15, -0.1) is 12.4 Å². The van der Waals surface area contributed by atoms with Gasteiger partial charge in [0.05, 0.1) is 6.04 Å². The normalized spacial score (nSPS) is 25.5. The molecule has 0 aromatic rings. The topological polar surface area (TPSA) is 55.1 Å². The molecule has 0 aromatic heterocycles. The number of halogens is 1. The van der Waals surface area contributed by atoms with Gasteiger partial charge in [-0.1, -0.05) is 13.8 Å². The molecule has 1 heterocycles. The van der Waals surface area contributed by atoms with Crippen LogP contribution < -0.4 is 11.1 Å². The molecule has 0 radical (unpaired) electrons. The summed E-state index contributed by atoms with van der Waals surface area (Å²) in [5, 5.41) is 2.99. The van der Waals surface area contributed by atoms with Gasteiger partial charge in [-0.3, -0.25) is 4.79 Å². The number of nitrogens with two attached hydrogens (primary N) is 1. The highest BCUT2D eigenvalue weighted by Crippen LogP contribution is 2.36. The van der Waals surface area contributed by atoms with Gasteiger partial charge in [-0.05, 0) is 37.9 Å². The molecule has 3 N–H and O–H groups in total. The quantitative estimate of drug-likeness (QED) is 0.812. The van der Waals surface area contributed by atoms with Crippen LogP contribution in [0.15, 0.2) is 0 Å². The van der Waals surface area contributed by atoms with Crippen LogP contribution in [-0.4, -0.2) is 29.0 Å². The summed E-state index contributed by atoms with van der Waals surface area (Å²) in [6, 6.07) is -0.352. The van der Waals surface area contributed by atoms with Gasteiger partial charge in [-0.25, -0.2) is 0 Å². The number of hydrogen-bond acceptors (Lipinski definition) is 3. The summed E-state index contributed by atoms with van der Waals surface area (Å²) in [7, 11) is 0. The predicted octanol–water partition coefficient (Wildman–Crippen LogP) is 2.18. The standard InChI is InChI=1S/C12H24N2OS.ClH/c1-9(2)7-10(13)11(15)14-8-12(3)5-4-6-16-12;/h9-10H,4-8,13H2,1-3H3,(H,14,15);1H/t10-,12?;/m0./s1. The van der Waals surface area contributed by atoms with E-state index in [0.717, 1.165) is 13.0 Å². The molecule has 0 aliphatic carbocycles. The van der Waals surface area contributed by atoms with Gasteiger partial charge in [0.1, 0.15) is 0 Å². The van der Waals surface area contributed by atoms with E-state index < -0.39 is 0 Å². The third-order valence-electron chi connectivity index (χ3n) is 3.00. The minimum atomic E-state index is -0.352. The highest BCUT2D eigenvalue weighted by atomic mass is 35.5. The van der Waals surface area contributed by atoms with E-state index in [1.807, 2.05) is 11.8 Å². The third-order valence-corrected chi connectivity index (χ3v) is 4.54. The Morgan fingerprint density at radius 1 is 1.53 bits per heavy atom. The fourth-order valence-corrected chi connectivity index (χ4v) is 3.24. The van der Waals surface area contributed by atoms with Gasteiger partial charge in [0.25, 0.3) is 0 Å². The van der Waals surface area contributed by atoms with E-state index in [-0.39, 0.29) is 29.1 Å². The molecule has 1 aliphatic heterocycles. The maximum absolute atomic E-state index is 11.7. The van der Waals surface area contributed by atoms with Gasteiger partial charge < -0.3 is 11.1 Å². The highest BCUT2D eigenvalue weighted by Gasteiger charge is 2.30. The van der Waals surface area contributed by atoms with E-state index in [1.54, 1.807) is 0 Å². The van der Waals surface area contributed by atoms with Crippen molar-refractivity contribution in [3.8, 4) is 0 Å². The Balaban J connectivity index is 0.00000256. The van der Waals surface area contributed by atoms with Crippen LogP contribution in [-0.2, 0) is 4.79 Å². The summed E-state index contributed by atoms with van der Waals surface area (Å²) >= 11 is 1.96. The number of carbonyl (C=O) groups excluding carboxylic acids is 1. The fourth-order valence-electron chi connectivity index (χ4n) is 2.00. The van der Waals surface area contributed by atoms with E-state index in [4.69, 9.17) is 5.73 Å². The molecule has 1 fully saturated rings. The zero-order chi connectivity index (χ0) is 12.2. The van der Waals surface area contributed by atoms with Crippen molar-refractivity contribution >= 4 is 30.1 Å². The second-order valence-electron chi connectivity index (χ2n) is 5.36. The van der Waals surface area contributed by atoms with E-state index in [1.165, 1.54) is 18.6 Å². The van der Waals surface area contributed by atoms with Crippen molar-refractivity contribution in [2.24, 2.45) is 11.7 Å². The lowest BCUT2D eigenvalue weighted by Crippen LogP contribution is -2.45. The molecule has 1 rings (SSSR count). The summed E-state index contributed by atoms with van der Waals surface area (Å²) in [6.45, 7) is 7.14. The summed E-state index contributed by atoms with van der Waals surface area (Å²) in [4.78, 5) is 11.7. The number of nitrogens with one attached hydrogen (secondary N) is 1. The van der Waals surface area contributed by atoms with Crippen molar-refractivity contribution in [1.82, 2.24) is 5.32 Å². The number of carbonyl (C=O) groups is 1. The van der Waals surface area contributed by atoms with Crippen LogP contribution in [0.4, 0.5) is 0 Å². The predicted molar refractivity (Wildman–Crippen MR) is 77.8 cm³/mol. The zero-order valence-electron chi connectivity index (χ0n) is 11.0. The Labute approximate surface area is 115 Å². The largest absolute Gasteiger partial charge is 0.353 e. The number of hydrogen-bond donors (Lipinski definition) is 2. The second-order valence-corrected chi connectivity index (χ2v) is 7.04. The maximum Gasteiger partial charge on any atom is 0.236 e. The molecule has 5 heteroatoms. The second kappa shape index (κ2) is 7.49. The van der Waals surface area contributed by atoms with Crippen LogP contribution in [0.1, 0.15) is 40.0 Å². The van der Waals surface area contributed by atoms with Crippen LogP contribution >= 0.6 is 24.2 Å².